The zero-order valence-electron chi connectivity index (χ0n) is 14.8. The summed E-state index contributed by atoms with van der Waals surface area (Å²) in [6.07, 6.45) is 5.14. The van der Waals surface area contributed by atoms with Gasteiger partial charge in [-0.3, -0.25) is 9.59 Å². The molecule has 2 saturated heterocycles. The van der Waals surface area contributed by atoms with Gasteiger partial charge < -0.3 is 24.4 Å². The molecule has 0 aliphatic carbocycles. The molecule has 0 saturated carbocycles. The number of piperidine rings is 1. The van der Waals surface area contributed by atoms with Gasteiger partial charge in [-0.15, -0.1) is 0 Å². The molecule has 1 aromatic heterocycles. The Morgan fingerprint density at radius 2 is 2.12 bits per heavy atom. The molecule has 25 heavy (non-hydrogen) atoms. The number of hydrogen-bond donors (Lipinski definition) is 1. The number of carbonyl (C=O) groups is 1. The van der Waals surface area contributed by atoms with Crippen LogP contribution in [0.2, 0.25) is 0 Å². The van der Waals surface area contributed by atoms with Gasteiger partial charge in [0, 0.05) is 58.8 Å². The third-order valence-corrected chi connectivity index (χ3v) is 5.05. The Labute approximate surface area is 147 Å². The first-order valence-corrected chi connectivity index (χ1v) is 8.97. The number of H-pyrrole nitrogens is 1. The average molecular weight is 349 g/mol. The summed E-state index contributed by atoms with van der Waals surface area (Å²) in [5.41, 5.74) is -0.177. The Kier molecular flexibility index (Phi) is 6.04. The van der Waals surface area contributed by atoms with Gasteiger partial charge in [0.25, 0.3) is 5.56 Å². The van der Waals surface area contributed by atoms with E-state index in [1.54, 1.807) is 13.3 Å². The van der Waals surface area contributed by atoms with E-state index in [1.165, 1.54) is 6.20 Å². The minimum absolute atomic E-state index is 0.0791. The van der Waals surface area contributed by atoms with Gasteiger partial charge in [0.2, 0.25) is 5.91 Å². The number of aromatic nitrogens is 2. The minimum atomic E-state index is -0.177. The van der Waals surface area contributed by atoms with Crippen LogP contribution in [0, 0.1) is 5.92 Å². The monoisotopic (exact) mass is 349 g/mol. The van der Waals surface area contributed by atoms with Crippen molar-refractivity contribution in [3.63, 3.8) is 0 Å². The molecule has 1 amide bonds. The van der Waals surface area contributed by atoms with Crippen molar-refractivity contribution in [3.05, 3.63) is 22.7 Å². The van der Waals surface area contributed by atoms with Crippen LogP contribution < -0.4 is 10.5 Å². The maximum atomic E-state index is 12.8. The van der Waals surface area contributed by atoms with Crippen LogP contribution in [-0.4, -0.2) is 85.2 Å². The van der Waals surface area contributed by atoms with Crippen molar-refractivity contribution < 1.29 is 9.53 Å². The Morgan fingerprint density at radius 3 is 2.84 bits per heavy atom. The summed E-state index contributed by atoms with van der Waals surface area (Å²) >= 11 is 0. The number of likely N-dealkylation sites (tertiary alicyclic amines) is 1. The summed E-state index contributed by atoms with van der Waals surface area (Å²) in [5.74, 6) is 0.769. The highest BCUT2D eigenvalue weighted by atomic mass is 16.5. The molecule has 3 rings (SSSR count). The van der Waals surface area contributed by atoms with Crippen LogP contribution in [0.5, 0.6) is 0 Å². The Bertz CT molecular complexity index is 627. The second kappa shape index (κ2) is 8.44. The molecular formula is C17H27N5O3. The van der Waals surface area contributed by atoms with E-state index >= 15 is 0 Å². The Morgan fingerprint density at radius 1 is 1.32 bits per heavy atom. The van der Waals surface area contributed by atoms with Gasteiger partial charge in [-0.1, -0.05) is 0 Å². The second-order valence-corrected chi connectivity index (χ2v) is 6.69. The molecule has 8 nitrogen and oxygen atoms in total. The van der Waals surface area contributed by atoms with Crippen LogP contribution in [0.3, 0.4) is 0 Å². The number of amides is 1. The first-order chi connectivity index (χ1) is 12.2. The third kappa shape index (κ3) is 4.38. The Hall–Kier alpha value is -1.93. The fourth-order valence-electron chi connectivity index (χ4n) is 3.65. The van der Waals surface area contributed by atoms with E-state index in [9.17, 15) is 9.59 Å². The summed E-state index contributed by atoms with van der Waals surface area (Å²) < 4.78 is 5.14. The number of piperazine rings is 1. The average Bonchev–Trinajstić information content (AvgIpc) is 2.66. The number of hydrogen-bond acceptors (Lipinski definition) is 6. The second-order valence-electron chi connectivity index (χ2n) is 6.69. The van der Waals surface area contributed by atoms with E-state index in [0.717, 1.165) is 32.5 Å². The van der Waals surface area contributed by atoms with Crippen LogP contribution in [0.25, 0.3) is 0 Å². The van der Waals surface area contributed by atoms with Gasteiger partial charge in [0.05, 0.1) is 12.5 Å². The van der Waals surface area contributed by atoms with E-state index < -0.39 is 0 Å². The lowest BCUT2D eigenvalue weighted by Gasteiger charge is -2.39. The smallest absolute Gasteiger partial charge is 0.290 e. The van der Waals surface area contributed by atoms with E-state index in [1.807, 2.05) is 9.80 Å². The maximum Gasteiger partial charge on any atom is 0.290 e. The summed E-state index contributed by atoms with van der Waals surface area (Å²) in [6.45, 7) is 6.03. The van der Waals surface area contributed by atoms with Gasteiger partial charge >= 0.3 is 0 Å². The molecule has 0 spiro atoms. The van der Waals surface area contributed by atoms with E-state index in [-0.39, 0.29) is 17.4 Å². The van der Waals surface area contributed by atoms with Crippen molar-refractivity contribution in [2.75, 3.05) is 64.4 Å². The number of aromatic amines is 1. The standard InChI is InChI=1S/C17H27N5O3/c1-25-12-11-20-6-2-3-14(13-20)17(24)22-9-7-21(8-10-22)15-16(23)19-5-4-18-15/h4-5,14H,2-3,6-13H2,1H3,(H,19,23). The molecule has 3 heterocycles. The van der Waals surface area contributed by atoms with Crippen LogP contribution in [0.4, 0.5) is 5.82 Å². The highest BCUT2D eigenvalue weighted by Gasteiger charge is 2.31. The van der Waals surface area contributed by atoms with Crippen LogP contribution in [0.15, 0.2) is 17.2 Å². The summed E-state index contributed by atoms with van der Waals surface area (Å²) in [5, 5.41) is 0. The van der Waals surface area contributed by atoms with Gasteiger partial charge in [-0.05, 0) is 19.4 Å². The molecule has 2 fully saturated rings. The first kappa shape index (κ1) is 17.9. The van der Waals surface area contributed by atoms with Gasteiger partial charge in [-0.25, -0.2) is 4.98 Å². The molecule has 8 heteroatoms. The normalized spacial score (nSPS) is 22.2. The van der Waals surface area contributed by atoms with Crippen molar-refractivity contribution in [1.82, 2.24) is 19.8 Å². The molecule has 0 bridgehead atoms. The van der Waals surface area contributed by atoms with E-state index in [2.05, 4.69) is 14.9 Å². The minimum Gasteiger partial charge on any atom is -0.383 e. The summed E-state index contributed by atoms with van der Waals surface area (Å²) in [7, 11) is 1.71. The number of nitrogens with one attached hydrogen (secondary N) is 1. The largest absolute Gasteiger partial charge is 0.383 e. The number of methoxy groups -OCH3 is 1. The maximum absolute atomic E-state index is 12.8. The molecule has 0 aromatic carbocycles. The molecule has 1 atom stereocenters. The summed E-state index contributed by atoms with van der Waals surface area (Å²) in [4.78, 5) is 37.7. The fourth-order valence-corrected chi connectivity index (χ4v) is 3.65. The predicted octanol–water partition coefficient (Wildman–Crippen LogP) is -0.223. The van der Waals surface area contributed by atoms with Crippen molar-refractivity contribution in [2.45, 2.75) is 12.8 Å². The number of nitrogens with zero attached hydrogens (tertiary/aromatic N) is 4. The van der Waals surface area contributed by atoms with E-state index in [4.69, 9.17) is 4.74 Å². The quantitative estimate of drug-likeness (QED) is 0.791. The van der Waals surface area contributed by atoms with Crippen LogP contribution in [0.1, 0.15) is 12.8 Å². The zero-order chi connectivity index (χ0) is 17.6. The molecule has 1 aromatic rings. The molecular weight excluding hydrogens is 322 g/mol. The van der Waals surface area contributed by atoms with Crippen molar-refractivity contribution >= 4 is 11.7 Å². The highest BCUT2D eigenvalue weighted by molar-refractivity contribution is 5.79. The fraction of sp³-hybridized carbons (Fsp3) is 0.706. The molecule has 2 aliphatic rings. The number of anilines is 1. The lowest BCUT2D eigenvalue weighted by molar-refractivity contribution is -0.137. The molecule has 0 radical (unpaired) electrons. The summed E-state index contributed by atoms with van der Waals surface area (Å²) in [6, 6.07) is 0. The molecule has 1 unspecified atom stereocenters. The third-order valence-electron chi connectivity index (χ3n) is 5.05. The van der Waals surface area contributed by atoms with E-state index in [0.29, 0.717) is 38.6 Å². The SMILES string of the molecule is COCCN1CCCC(C(=O)N2CCN(c3ncc[nH]c3=O)CC2)C1. The van der Waals surface area contributed by atoms with Gasteiger partial charge in [-0.2, -0.15) is 0 Å². The molecule has 1 N–H and O–H groups in total. The Balaban J connectivity index is 1.53. The van der Waals surface area contributed by atoms with Crippen LogP contribution in [-0.2, 0) is 9.53 Å². The topological polar surface area (TPSA) is 81.8 Å². The number of rotatable bonds is 5. The van der Waals surface area contributed by atoms with Gasteiger partial charge in [0.1, 0.15) is 0 Å². The molecule has 2 aliphatic heterocycles. The predicted molar refractivity (Wildman–Crippen MR) is 94.7 cm³/mol. The van der Waals surface area contributed by atoms with Crippen LogP contribution >= 0.6 is 0 Å². The van der Waals surface area contributed by atoms with Crippen molar-refractivity contribution in [2.24, 2.45) is 5.92 Å². The lowest BCUT2D eigenvalue weighted by atomic mass is 9.96. The lowest BCUT2D eigenvalue weighted by Crippen LogP contribution is -2.53. The molecule has 138 valence electrons. The van der Waals surface area contributed by atoms with Crippen molar-refractivity contribution in [1.29, 1.82) is 0 Å². The van der Waals surface area contributed by atoms with Gasteiger partial charge in [0.15, 0.2) is 5.82 Å². The first-order valence-electron chi connectivity index (χ1n) is 8.97. The number of ether oxygens (including phenoxy) is 1. The zero-order valence-corrected chi connectivity index (χ0v) is 14.8. The van der Waals surface area contributed by atoms with Crippen molar-refractivity contribution in [3.8, 4) is 0 Å². The number of carbonyl (C=O) groups excluding carboxylic acids is 1. The highest BCUT2D eigenvalue weighted by Crippen LogP contribution is 2.20.